The van der Waals surface area contributed by atoms with Gasteiger partial charge in [-0.3, -0.25) is 14.6 Å². The molecule has 0 spiro atoms. The second kappa shape index (κ2) is 9.01. The zero-order valence-electron chi connectivity index (χ0n) is 17.4. The van der Waals surface area contributed by atoms with Gasteiger partial charge in [0.1, 0.15) is 17.3 Å². The minimum Gasteiger partial charge on any atom is -0.507 e. The van der Waals surface area contributed by atoms with Crippen LogP contribution in [0.2, 0.25) is 0 Å². The van der Waals surface area contributed by atoms with Gasteiger partial charge in [0, 0.05) is 24.5 Å². The van der Waals surface area contributed by atoms with Gasteiger partial charge in [0.2, 0.25) is 0 Å². The second-order valence-electron chi connectivity index (χ2n) is 7.30. The van der Waals surface area contributed by atoms with Gasteiger partial charge in [-0.05, 0) is 60.5 Å². The molecule has 6 nitrogen and oxygen atoms in total. The number of benzene rings is 2. The molecule has 1 aliphatic rings. The first kappa shape index (κ1) is 21.2. The van der Waals surface area contributed by atoms with Crippen LogP contribution >= 0.6 is 0 Å². The monoisotopic (exact) mass is 432 g/mol. The van der Waals surface area contributed by atoms with Crippen LogP contribution in [0.5, 0.6) is 5.75 Å². The summed E-state index contributed by atoms with van der Waals surface area (Å²) < 4.78 is 19.0. The average Bonchev–Trinajstić information content (AvgIpc) is 3.05. The highest BCUT2D eigenvalue weighted by atomic mass is 19.1. The summed E-state index contributed by atoms with van der Waals surface area (Å²) >= 11 is 0. The molecule has 1 N–H and O–H groups in total. The van der Waals surface area contributed by atoms with E-state index in [1.807, 2.05) is 6.92 Å². The lowest BCUT2D eigenvalue weighted by Crippen LogP contribution is -2.29. The van der Waals surface area contributed by atoms with Crippen LogP contribution < -0.4 is 4.74 Å². The van der Waals surface area contributed by atoms with E-state index >= 15 is 0 Å². The molecule has 4 rings (SSSR count). The van der Waals surface area contributed by atoms with E-state index in [1.165, 1.54) is 29.2 Å². The third kappa shape index (κ3) is 4.09. The predicted octanol–water partition coefficient (Wildman–Crippen LogP) is 4.24. The smallest absolute Gasteiger partial charge is 0.295 e. The summed E-state index contributed by atoms with van der Waals surface area (Å²) in [5.74, 6) is -1.65. The maximum atomic E-state index is 13.6. The number of carbonyl (C=O) groups is 2. The van der Waals surface area contributed by atoms with E-state index in [-0.39, 0.29) is 17.9 Å². The van der Waals surface area contributed by atoms with Crippen molar-refractivity contribution in [3.63, 3.8) is 0 Å². The molecule has 1 saturated heterocycles. The molecule has 3 aromatic rings. The summed E-state index contributed by atoms with van der Waals surface area (Å²) in [5, 5.41) is 11.1. The molecule has 1 amide bonds. The molecular weight excluding hydrogens is 411 g/mol. The van der Waals surface area contributed by atoms with Crippen LogP contribution in [0, 0.1) is 5.82 Å². The van der Waals surface area contributed by atoms with Crippen molar-refractivity contribution < 1.29 is 23.8 Å². The van der Waals surface area contributed by atoms with Crippen molar-refractivity contribution in [2.45, 2.75) is 19.5 Å². The number of pyridine rings is 1. The first-order chi connectivity index (χ1) is 15.5. The summed E-state index contributed by atoms with van der Waals surface area (Å²) in [7, 11) is 0. The molecule has 1 atom stereocenters. The highest BCUT2D eigenvalue weighted by molar-refractivity contribution is 6.46. The van der Waals surface area contributed by atoms with Crippen LogP contribution in [0.4, 0.5) is 4.39 Å². The van der Waals surface area contributed by atoms with E-state index in [1.54, 1.807) is 48.8 Å². The molecule has 2 aromatic carbocycles. The molecule has 0 radical (unpaired) electrons. The van der Waals surface area contributed by atoms with Crippen molar-refractivity contribution in [1.29, 1.82) is 0 Å². The molecule has 1 aromatic heterocycles. The van der Waals surface area contributed by atoms with Crippen molar-refractivity contribution in [3.8, 4) is 5.75 Å². The molecule has 162 valence electrons. The molecular formula is C25H21FN2O4. The van der Waals surface area contributed by atoms with Crippen molar-refractivity contribution in [1.82, 2.24) is 9.88 Å². The molecule has 2 heterocycles. The Labute approximate surface area is 184 Å². The van der Waals surface area contributed by atoms with Crippen LogP contribution in [0.3, 0.4) is 0 Å². The topological polar surface area (TPSA) is 79.7 Å². The maximum Gasteiger partial charge on any atom is 0.295 e. The average molecular weight is 432 g/mol. The number of halogens is 1. The standard InChI is InChI=1S/C25H21FN2O4/c1-2-32-20-11-7-18(8-12-20)23(29)21-22(17-5-9-19(26)10-6-17)28(25(31)24(21)30)15-16-4-3-13-27-14-16/h3-14,22,29H,2,15H2,1H3/t22-/m1/s1. The van der Waals surface area contributed by atoms with E-state index in [0.717, 1.165) is 5.56 Å². The number of ether oxygens (including phenoxy) is 1. The van der Waals surface area contributed by atoms with E-state index in [0.29, 0.717) is 23.5 Å². The number of aromatic nitrogens is 1. The van der Waals surface area contributed by atoms with Crippen molar-refractivity contribution in [2.75, 3.05) is 6.61 Å². The Morgan fingerprint density at radius 2 is 1.81 bits per heavy atom. The van der Waals surface area contributed by atoms with Crippen molar-refractivity contribution in [2.24, 2.45) is 0 Å². The minimum atomic E-state index is -0.873. The molecule has 7 heteroatoms. The SMILES string of the molecule is CCOc1ccc(C(O)=C2C(=O)C(=O)N(Cc3cccnc3)[C@@H]2c2ccc(F)cc2)cc1. The Morgan fingerprint density at radius 1 is 1.09 bits per heavy atom. The Kier molecular flexibility index (Phi) is 5.98. The van der Waals surface area contributed by atoms with Crippen LogP contribution in [0.25, 0.3) is 5.76 Å². The van der Waals surface area contributed by atoms with Crippen LogP contribution in [0.15, 0.2) is 78.6 Å². The Balaban J connectivity index is 1.81. The van der Waals surface area contributed by atoms with Gasteiger partial charge in [0.05, 0.1) is 18.2 Å². The lowest BCUT2D eigenvalue weighted by atomic mass is 9.95. The Morgan fingerprint density at radius 3 is 2.44 bits per heavy atom. The van der Waals surface area contributed by atoms with Crippen LogP contribution in [0.1, 0.15) is 29.7 Å². The first-order valence-electron chi connectivity index (χ1n) is 10.2. The molecule has 0 aliphatic carbocycles. The van der Waals surface area contributed by atoms with Gasteiger partial charge in [-0.1, -0.05) is 18.2 Å². The van der Waals surface area contributed by atoms with Crippen LogP contribution in [-0.4, -0.2) is 33.3 Å². The van der Waals surface area contributed by atoms with E-state index < -0.39 is 23.5 Å². The second-order valence-corrected chi connectivity index (χ2v) is 7.30. The Bertz CT molecular complexity index is 1160. The molecule has 0 unspecified atom stereocenters. The molecule has 1 aliphatic heterocycles. The van der Waals surface area contributed by atoms with Crippen LogP contribution in [-0.2, 0) is 16.1 Å². The number of amides is 1. The minimum absolute atomic E-state index is 0.0466. The zero-order valence-corrected chi connectivity index (χ0v) is 17.4. The largest absolute Gasteiger partial charge is 0.507 e. The lowest BCUT2D eigenvalue weighted by molar-refractivity contribution is -0.140. The molecule has 0 saturated carbocycles. The number of Topliss-reactive ketones (excluding diaryl/α,β-unsaturated/α-hetero) is 1. The molecule has 32 heavy (non-hydrogen) atoms. The highest BCUT2D eigenvalue weighted by Crippen LogP contribution is 2.40. The number of aliphatic hydroxyl groups excluding tert-OH is 1. The zero-order chi connectivity index (χ0) is 22.7. The quantitative estimate of drug-likeness (QED) is 0.358. The van der Waals surface area contributed by atoms with Gasteiger partial charge < -0.3 is 14.7 Å². The Hall–Kier alpha value is -4.00. The number of aliphatic hydroxyl groups is 1. The fourth-order valence-corrected chi connectivity index (χ4v) is 3.75. The number of hydrogen-bond acceptors (Lipinski definition) is 5. The summed E-state index contributed by atoms with van der Waals surface area (Å²) in [6.45, 7) is 2.47. The van der Waals surface area contributed by atoms with E-state index in [4.69, 9.17) is 4.74 Å². The third-order valence-electron chi connectivity index (χ3n) is 5.24. The van der Waals surface area contributed by atoms with Gasteiger partial charge in [-0.15, -0.1) is 0 Å². The van der Waals surface area contributed by atoms with Gasteiger partial charge in [-0.2, -0.15) is 0 Å². The van der Waals surface area contributed by atoms with Gasteiger partial charge in [0.25, 0.3) is 11.7 Å². The lowest BCUT2D eigenvalue weighted by Gasteiger charge is -2.25. The summed E-state index contributed by atoms with van der Waals surface area (Å²) in [6.07, 6.45) is 3.22. The fraction of sp³-hybridized carbons (Fsp3) is 0.160. The highest BCUT2D eigenvalue weighted by Gasteiger charge is 2.46. The third-order valence-corrected chi connectivity index (χ3v) is 5.24. The summed E-state index contributed by atoms with van der Waals surface area (Å²) in [4.78, 5) is 31.4. The van der Waals surface area contributed by atoms with Gasteiger partial charge in [-0.25, -0.2) is 4.39 Å². The predicted molar refractivity (Wildman–Crippen MR) is 116 cm³/mol. The number of rotatable bonds is 6. The van der Waals surface area contributed by atoms with E-state index in [9.17, 15) is 19.1 Å². The number of nitrogens with zero attached hydrogens (tertiary/aromatic N) is 2. The number of carbonyl (C=O) groups excluding carboxylic acids is 2. The first-order valence-corrected chi connectivity index (χ1v) is 10.2. The van der Waals surface area contributed by atoms with Gasteiger partial charge >= 0.3 is 0 Å². The summed E-state index contributed by atoms with van der Waals surface area (Å²) in [5.41, 5.74) is 1.57. The fourth-order valence-electron chi connectivity index (χ4n) is 3.75. The maximum absolute atomic E-state index is 13.6. The number of hydrogen-bond donors (Lipinski definition) is 1. The van der Waals surface area contributed by atoms with E-state index in [2.05, 4.69) is 4.98 Å². The molecule has 0 bridgehead atoms. The van der Waals surface area contributed by atoms with Crippen molar-refractivity contribution >= 4 is 17.4 Å². The normalized spacial score (nSPS) is 17.6. The van der Waals surface area contributed by atoms with Crippen molar-refractivity contribution in [3.05, 3.63) is 101 Å². The van der Waals surface area contributed by atoms with Gasteiger partial charge in [0.15, 0.2) is 0 Å². The summed E-state index contributed by atoms with van der Waals surface area (Å²) in [6, 6.07) is 14.8. The number of ketones is 1. The molecule has 1 fully saturated rings. The number of likely N-dealkylation sites (tertiary alicyclic amines) is 1.